The topological polar surface area (TPSA) is 144 Å². The Morgan fingerprint density at radius 3 is 2.47 bits per heavy atom. The maximum Gasteiger partial charge on any atom is 0.333 e. The van der Waals surface area contributed by atoms with Crippen LogP contribution in [-0.4, -0.2) is 22.2 Å². The molecule has 1 aromatic heterocycles. The number of esters is 1. The summed E-state index contributed by atoms with van der Waals surface area (Å²) in [4.78, 5) is 23.1. The van der Waals surface area contributed by atoms with Gasteiger partial charge in [0.15, 0.2) is 0 Å². The highest BCUT2D eigenvalue weighted by atomic mass is 35.5. The molecule has 10 heteroatoms. The summed E-state index contributed by atoms with van der Waals surface area (Å²) in [5, 5.41) is 19.9. The van der Waals surface area contributed by atoms with E-state index in [-0.39, 0.29) is 35.5 Å². The molecule has 160 valence electrons. The Labute approximate surface area is 183 Å². The average Bonchev–Trinajstić information content (AvgIpc) is 2.69. The number of aromatic nitrogens is 1. The van der Waals surface area contributed by atoms with Crippen molar-refractivity contribution in [2.45, 2.75) is 26.8 Å². The lowest BCUT2D eigenvalue weighted by Crippen LogP contribution is -2.26. The van der Waals surface area contributed by atoms with E-state index in [1.807, 2.05) is 6.07 Å². The molecule has 0 saturated carbocycles. The molecule has 0 unspecified atom stereocenters. The van der Waals surface area contributed by atoms with Gasteiger partial charge in [0.25, 0.3) is 5.56 Å². The van der Waals surface area contributed by atoms with Gasteiger partial charge in [0.2, 0.25) is 5.88 Å². The van der Waals surface area contributed by atoms with E-state index in [4.69, 9.17) is 44.7 Å². The van der Waals surface area contributed by atoms with Gasteiger partial charge in [-0.3, -0.25) is 9.36 Å². The van der Waals surface area contributed by atoms with Crippen LogP contribution in [0.2, 0.25) is 10.0 Å². The molecule has 0 radical (unpaired) electrons. The number of ether oxygens (including phenoxy) is 1. The van der Waals surface area contributed by atoms with Crippen LogP contribution in [0.4, 0.5) is 11.4 Å². The van der Waals surface area contributed by atoms with Gasteiger partial charge in [-0.25, -0.2) is 4.79 Å². The number of nitriles is 1. The molecule has 0 amide bonds. The molecule has 0 fully saturated rings. The van der Waals surface area contributed by atoms with E-state index in [1.54, 1.807) is 18.2 Å². The van der Waals surface area contributed by atoms with Gasteiger partial charge in [0, 0.05) is 23.4 Å². The molecule has 0 aliphatic rings. The van der Waals surface area contributed by atoms with E-state index < -0.39 is 17.4 Å². The number of carbonyl (C=O) groups is 1. The van der Waals surface area contributed by atoms with Crippen LogP contribution in [-0.2, 0) is 16.1 Å². The van der Waals surface area contributed by atoms with Crippen molar-refractivity contribution in [3.05, 3.63) is 61.9 Å². The third-order valence-corrected chi connectivity index (χ3v) is 4.64. The number of halogens is 2. The number of aromatic hydroxyl groups is 1. The summed E-state index contributed by atoms with van der Waals surface area (Å²) in [7, 11) is 0. The highest BCUT2D eigenvalue weighted by Gasteiger charge is 2.16. The average molecular weight is 453 g/mol. The summed E-state index contributed by atoms with van der Waals surface area (Å²) in [6, 6.07) is 6.79. The zero-order chi connectivity index (χ0) is 23.0. The number of benzene rings is 1. The van der Waals surface area contributed by atoms with Crippen molar-refractivity contribution >= 4 is 40.5 Å². The number of carbonyl (C=O) groups excluding carboxylic acids is 1. The van der Waals surface area contributed by atoms with E-state index in [2.05, 4.69) is 6.58 Å². The summed E-state index contributed by atoms with van der Waals surface area (Å²) in [5.41, 5.74) is 11.5. The molecule has 0 atom stereocenters. The number of rotatable bonds is 5. The maximum absolute atomic E-state index is 12.0. The van der Waals surface area contributed by atoms with Gasteiger partial charge in [-0.2, -0.15) is 5.26 Å². The lowest BCUT2D eigenvalue weighted by molar-refractivity contribution is -0.139. The molecule has 0 saturated heterocycles. The molecule has 0 aliphatic carbocycles. The van der Waals surface area contributed by atoms with E-state index in [0.717, 1.165) is 4.57 Å². The van der Waals surface area contributed by atoms with Crippen molar-refractivity contribution in [1.82, 2.24) is 4.57 Å². The first kappa shape index (κ1) is 24.9. The Morgan fingerprint density at radius 2 is 1.97 bits per heavy atom. The van der Waals surface area contributed by atoms with Gasteiger partial charge in [-0.1, -0.05) is 29.8 Å². The molecular weight excluding hydrogens is 431 g/mol. The van der Waals surface area contributed by atoms with E-state index >= 15 is 0 Å². The van der Waals surface area contributed by atoms with E-state index in [9.17, 15) is 14.7 Å². The molecule has 5 N–H and O–H groups in total. The molecule has 1 heterocycles. The van der Waals surface area contributed by atoms with Crippen LogP contribution in [0.15, 0.2) is 35.1 Å². The minimum Gasteiger partial charge on any atom is -0.493 e. The largest absolute Gasteiger partial charge is 0.493 e. The highest BCUT2D eigenvalue weighted by molar-refractivity contribution is 6.42. The molecule has 1 aromatic carbocycles. The first-order valence-electron chi connectivity index (χ1n) is 8.66. The fourth-order valence-corrected chi connectivity index (χ4v) is 2.51. The lowest BCUT2D eigenvalue weighted by Gasteiger charge is -2.13. The fourth-order valence-electron chi connectivity index (χ4n) is 2.20. The maximum atomic E-state index is 12.0. The number of anilines is 2. The van der Waals surface area contributed by atoms with Crippen LogP contribution in [0, 0.1) is 18.3 Å². The highest BCUT2D eigenvalue weighted by Crippen LogP contribution is 2.23. The Hall–Kier alpha value is -3.15. The molecule has 8 nitrogen and oxygen atoms in total. The first-order chi connectivity index (χ1) is 14.0. The summed E-state index contributed by atoms with van der Waals surface area (Å²) < 4.78 is 5.88. The van der Waals surface area contributed by atoms with Gasteiger partial charge >= 0.3 is 5.97 Å². The van der Waals surface area contributed by atoms with Crippen molar-refractivity contribution in [1.29, 1.82) is 5.26 Å². The molecule has 0 bridgehead atoms. The van der Waals surface area contributed by atoms with E-state index in [1.165, 1.54) is 13.8 Å². The zero-order valence-electron chi connectivity index (χ0n) is 16.5. The molecule has 2 aromatic rings. The molecule has 0 aliphatic heterocycles. The van der Waals surface area contributed by atoms with E-state index in [0.29, 0.717) is 22.2 Å². The monoisotopic (exact) mass is 452 g/mol. The lowest BCUT2D eigenvalue weighted by atomic mass is 10.1. The zero-order valence-corrected chi connectivity index (χ0v) is 18.0. The standard InChI is InChI=1S/C14H17N3O4.C6H5Cl2N/c1-8(2)14(20)21-6-4-5-17-12(18)10(7-15)9(3)11(16)13(17)19;7-5-2-1-4(9)3-6(5)8/h18H,1,4-6,16H2,2-3H3;1-3H,9H2. The van der Waals surface area contributed by atoms with Crippen molar-refractivity contribution in [3.63, 3.8) is 0 Å². The second kappa shape index (κ2) is 11.1. The fraction of sp³-hybridized carbons (Fsp3) is 0.250. The van der Waals surface area contributed by atoms with Crippen LogP contribution >= 0.6 is 23.2 Å². The molecule has 2 rings (SSSR count). The third kappa shape index (κ3) is 6.44. The van der Waals surface area contributed by atoms with Gasteiger partial charge in [0.05, 0.1) is 16.7 Å². The van der Waals surface area contributed by atoms with Gasteiger partial charge in [0.1, 0.15) is 17.3 Å². The smallest absolute Gasteiger partial charge is 0.333 e. The summed E-state index contributed by atoms with van der Waals surface area (Å²) in [5.74, 6) is -0.951. The predicted octanol–water partition coefficient (Wildman–Crippen LogP) is 3.40. The van der Waals surface area contributed by atoms with Crippen molar-refractivity contribution in [2.24, 2.45) is 0 Å². The van der Waals surface area contributed by atoms with Crippen LogP contribution in [0.1, 0.15) is 24.5 Å². The molecular formula is C20H22Cl2N4O4. The quantitative estimate of drug-likeness (QED) is 0.272. The normalized spacial score (nSPS) is 9.83. The summed E-state index contributed by atoms with van der Waals surface area (Å²) in [6.45, 7) is 6.60. The SMILES string of the molecule is C=C(C)C(=O)OCCCn1c(O)c(C#N)c(C)c(N)c1=O.Nc1ccc(Cl)c(Cl)c1. The minimum absolute atomic E-state index is 0.0361. The Morgan fingerprint density at radius 1 is 1.33 bits per heavy atom. The Kier molecular flexibility index (Phi) is 9.24. The number of hydrogen-bond acceptors (Lipinski definition) is 7. The van der Waals surface area contributed by atoms with Crippen LogP contribution in [0.3, 0.4) is 0 Å². The second-order valence-electron chi connectivity index (χ2n) is 6.25. The van der Waals surface area contributed by atoms with Crippen molar-refractivity contribution in [3.8, 4) is 11.9 Å². The van der Waals surface area contributed by atoms with Crippen LogP contribution in [0.25, 0.3) is 0 Å². The second-order valence-corrected chi connectivity index (χ2v) is 7.06. The Balaban J connectivity index is 0.000000414. The minimum atomic E-state index is -0.574. The number of pyridine rings is 1. The third-order valence-electron chi connectivity index (χ3n) is 3.90. The van der Waals surface area contributed by atoms with Gasteiger partial charge < -0.3 is 21.3 Å². The van der Waals surface area contributed by atoms with Crippen LogP contribution in [0.5, 0.6) is 5.88 Å². The number of nitrogens with zero attached hydrogens (tertiary/aromatic N) is 2. The predicted molar refractivity (Wildman–Crippen MR) is 117 cm³/mol. The number of hydrogen-bond donors (Lipinski definition) is 3. The Bertz CT molecular complexity index is 1060. The van der Waals surface area contributed by atoms with Gasteiger partial charge in [-0.15, -0.1) is 0 Å². The van der Waals surface area contributed by atoms with Crippen molar-refractivity contribution in [2.75, 3.05) is 18.1 Å². The summed E-state index contributed by atoms with van der Waals surface area (Å²) in [6.07, 6.45) is 0.292. The first-order valence-corrected chi connectivity index (χ1v) is 9.41. The van der Waals surface area contributed by atoms with Crippen LogP contribution < -0.4 is 17.0 Å². The number of nitrogens with two attached hydrogens (primary N) is 2. The summed E-state index contributed by atoms with van der Waals surface area (Å²) >= 11 is 11.2. The van der Waals surface area contributed by atoms with Gasteiger partial charge in [-0.05, 0) is 38.5 Å². The van der Waals surface area contributed by atoms with Crippen molar-refractivity contribution < 1.29 is 14.6 Å². The number of nitrogen functional groups attached to an aromatic ring is 2. The molecule has 0 spiro atoms. The molecule has 30 heavy (non-hydrogen) atoms.